The summed E-state index contributed by atoms with van der Waals surface area (Å²) < 4.78 is 8.43. The van der Waals surface area contributed by atoms with Gasteiger partial charge in [0.05, 0.1) is 17.2 Å². The Morgan fingerprint density at radius 3 is 2.00 bits per heavy atom. The van der Waals surface area contributed by atoms with E-state index in [1.165, 1.54) is 21.8 Å². The van der Waals surface area contributed by atoms with Crippen LogP contribution in [0.5, 0.6) is 0 Å². The van der Waals surface area contributed by atoms with Crippen molar-refractivity contribution in [1.29, 1.82) is 0 Å². The van der Waals surface area contributed by atoms with E-state index >= 15 is 0 Å². The maximum Gasteiger partial charge on any atom is 0.172 e. The number of nitrogens with zero attached hydrogens (tertiary/aromatic N) is 3. The molecule has 4 heteroatoms. The van der Waals surface area contributed by atoms with E-state index in [4.69, 9.17) is 9.40 Å². The Hall–Kier alpha value is -5.22. The first-order chi connectivity index (χ1) is 18.8. The van der Waals surface area contributed by atoms with Gasteiger partial charge in [0.15, 0.2) is 11.4 Å². The Bertz CT molecular complexity index is 2080. The molecule has 5 aromatic carbocycles. The van der Waals surface area contributed by atoms with Crippen molar-refractivity contribution in [3.05, 3.63) is 128 Å². The van der Waals surface area contributed by atoms with Crippen molar-refractivity contribution in [3.63, 3.8) is 0 Å². The van der Waals surface area contributed by atoms with Crippen LogP contribution in [-0.2, 0) is 0 Å². The highest BCUT2D eigenvalue weighted by molar-refractivity contribution is 6.09. The van der Waals surface area contributed by atoms with Gasteiger partial charge in [-0.3, -0.25) is 0 Å². The van der Waals surface area contributed by atoms with Gasteiger partial charge in [-0.25, -0.2) is 9.97 Å². The molecular formula is C34H21N3O. The number of rotatable bonds is 3. The predicted octanol–water partition coefficient (Wildman–Crippen LogP) is 8.81. The van der Waals surface area contributed by atoms with Crippen molar-refractivity contribution in [2.75, 3.05) is 0 Å². The van der Waals surface area contributed by atoms with Crippen LogP contribution < -0.4 is 0 Å². The summed E-state index contributed by atoms with van der Waals surface area (Å²) in [5, 5.41) is 3.50. The molecule has 0 amide bonds. The van der Waals surface area contributed by atoms with Gasteiger partial charge in [0, 0.05) is 27.4 Å². The number of hydrogen-bond acceptors (Lipinski definition) is 3. The normalized spacial score (nSPS) is 11.7. The first-order valence-electron chi connectivity index (χ1n) is 12.7. The van der Waals surface area contributed by atoms with Crippen molar-refractivity contribution in [3.8, 4) is 28.2 Å². The summed E-state index contributed by atoms with van der Waals surface area (Å²) in [6.45, 7) is 0. The molecule has 0 saturated heterocycles. The molecule has 0 unspecified atom stereocenters. The van der Waals surface area contributed by atoms with Crippen molar-refractivity contribution in [1.82, 2.24) is 14.5 Å². The van der Waals surface area contributed by atoms with Crippen molar-refractivity contribution < 1.29 is 4.42 Å². The van der Waals surface area contributed by atoms with Gasteiger partial charge >= 0.3 is 0 Å². The summed E-state index contributed by atoms with van der Waals surface area (Å²) in [5.74, 6) is 0.694. The van der Waals surface area contributed by atoms with Gasteiger partial charge in [0.25, 0.3) is 0 Å². The molecule has 0 bridgehead atoms. The number of fused-ring (bicyclic) bond motifs is 6. The zero-order chi connectivity index (χ0) is 25.1. The quantitative estimate of drug-likeness (QED) is 0.250. The van der Waals surface area contributed by atoms with Gasteiger partial charge in [-0.05, 0) is 47.5 Å². The van der Waals surface area contributed by atoms with Crippen molar-refractivity contribution >= 4 is 43.9 Å². The topological polar surface area (TPSA) is 43.9 Å². The van der Waals surface area contributed by atoms with Crippen LogP contribution in [0.3, 0.4) is 0 Å². The minimum absolute atomic E-state index is 0.691. The summed E-state index contributed by atoms with van der Waals surface area (Å²) in [6.07, 6.45) is 1.77. The largest absolute Gasteiger partial charge is 0.453 e. The molecule has 178 valence electrons. The number of para-hydroxylation sites is 2. The second-order valence-corrected chi connectivity index (χ2v) is 9.51. The lowest BCUT2D eigenvalue weighted by molar-refractivity contribution is 0.666. The third-order valence-electron chi connectivity index (χ3n) is 7.26. The Balaban J connectivity index is 1.30. The highest BCUT2D eigenvalue weighted by atomic mass is 16.3. The van der Waals surface area contributed by atoms with Gasteiger partial charge in [-0.2, -0.15) is 0 Å². The van der Waals surface area contributed by atoms with E-state index in [1.807, 2.05) is 36.4 Å². The number of furan rings is 1. The third kappa shape index (κ3) is 3.17. The molecule has 3 aromatic heterocycles. The van der Waals surface area contributed by atoms with Gasteiger partial charge in [-0.1, -0.05) is 84.9 Å². The van der Waals surface area contributed by atoms with E-state index in [0.29, 0.717) is 11.4 Å². The molecule has 8 aromatic rings. The molecule has 0 aliphatic carbocycles. The minimum Gasteiger partial charge on any atom is -0.453 e. The predicted molar refractivity (Wildman–Crippen MR) is 155 cm³/mol. The molecule has 0 radical (unpaired) electrons. The van der Waals surface area contributed by atoms with Gasteiger partial charge < -0.3 is 8.98 Å². The van der Waals surface area contributed by atoms with Crippen LogP contribution in [0, 0.1) is 0 Å². The smallest absolute Gasteiger partial charge is 0.172 e. The zero-order valence-corrected chi connectivity index (χ0v) is 20.4. The van der Waals surface area contributed by atoms with Crippen LogP contribution in [0.2, 0.25) is 0 Å². The lowest BCUT2D eigenvalue weighted by Gasteiger charge is -2.10. The molecule has 0 aliphatic heterocycles. The minimum atomic E-state index is 0.691. The molecule has 8 rings (SSSR count). The standard InChI is InChI=1S/C34H21N3O/c1-2-9-22(10-3-1)34-35-21-32-33(36-34)28-20-24(17-18-31(28)38-32)23-11-8-12-25(19-23)37-29-15-6-4-13-26(29)27-14-5-7-16-30(27)37/h1-21H. The summed E-state index contributed by atoms with van der Waals surface area (Å²) in [7, 11) is 0. The number of benzene rings is 5. The second-order valence-electron chi connectivity index (χ2n) is 9.51. The van der Waals surface area contributed by atoms with Crippen molar-refractivity contribution in [2.24, 2.45) is 0 Å². The molecule has 0 aliphatic rings. The highest BCUT2D eigenvalue weighted by Crippen LogP contribution is 2.35. The highest BCUT2D eigenvalue weighted by Gasteiger charge is 2.14. The van der Waals surface area contributed by atoms with Gasteiger partial charge in [0.1, 0.15) is 11.1 Å². The number of hydrogen-bond donors (Lipinski definition) is 0. The molecule has 0 saturated carbocycles. The molecule has 0 spiro atoms. The molecule has 38 heavy (non-hydrogen) atoms. The molecule has 3 heterocycles. The Labute approximate surface area is 218 Å². The summed E-state index contributed by atoms with van der Waals surface area (Å²) >= 11 is 0. The maximum atomic E-state index is 6.08. The van der Waals surface area contributed by atoms with Crippen LogP contribution in [-0.4, -0.2) is 14.5 Å². The fraction of sp³-hybridized carbons (Fsp3) is 0. The fourth-order valence-electron chi connectivity index (χ4n) is 5.49. The van der Waals surface area contributed by atoms with Crippen LogP contribution in [0.4, 0.5) is 0 Å². The van der Waals surface area contributed by atoms with E-state index in [0.717, 1.165) is 38.9 Å². The Morgan fingerprint density at radius 2 is 1.21 bits per heavy atom. The first kappa shape index (κ1) is 20.9. The zero-order valence-electron chi connectivity index (χ0n) is 20.4. The lowest BCUT2D eigenvalue weighted by atomic mass is 10.0. The van der Waals surface area contributed by atoms with E-state index in [1.54, 1.807) is 6.20 Å². The molecule has 0 atom stereocenters. The van der Waals surface area contributed by atoms with Crippen molar-refractivity contribution in [2.45, 2.75) is 0 Å². The van der Waals surface area contributed by atoms with E-state index < -0.39 is 0 Å². The third-order valence-corrected chi connectivity index (χ3v) is 7.26. The molecule has 0 fully saturated rings. The molecule has 4 nitrogen and oxygen atoms in total. The summed E-state index contributed by atoms with van der Waals surface area (Å²) in [6, 6.07) is 42.3. The first-order valence-corrected chi connectivity index (χ1v) is 12.7. The number of aromatic nitrogens is 3. The lowest BCUT2D eigenvalue weighted by Crippen LogP contribution is -1.94. The Kier molecular flexibility index (Phi) is 4.49. The van der Waals surface area contributed by atoms with E-state index in [2.05, 4.69) is 94.5 Å². The Morgan fingerprint density at radius 1 is 0.526 bits per heavy atom. The van der Waals surface area contributed by atoms with Crippen LogP contribution in [0.15, 0.2) is 132 Å². The van der Waals surface area contributed by atoms with E-state index in [9.17, 15) is 0 Å². The average Bonchev–Trinajstić information content (AvgIpc) is 3.52. The molecule has 0 N–H and O–H groups in total. The van der Waals surface area contributed by atoms with Crippen LogP contribution in [0.25, 0.3) is 72.1 Å². The average molecular weight is 488 g/mol. The monoisotopic (exact) mass is 487 g/mol. The van der Waals surface area contributed by atoms with Gasteiger partial charge in [0.2, 0.25) is 0 Å². The van der Waals surface area contributed by atoms with Crippen LogP contribution >= 0.6 is 0 Å². The maximum absolute atomic E-state index is 6.08. The van der Waals surface area contributed by atoms with Crippen LogP contribution in [0.1, 0.15) is 0 Å². The fourth-order valence-corrected chi connectivity index (χ4v) is 5.49. The SMILES string of the molecule is c1ccc(-c2ncc3oc4ccc(-c5cccc(-n6c7ccccc7c7ccccc76)c5)cc4c3n2)cc1. The van der Waals surface area contributed by atoms with Gasteiger partial charge in [-0.15, -0.1) is 0 Å². The van der Waals surface area contributed by atoms with E-state index in [-0.39, 0.29) is 0 Å². The summed E-state index contributed by atoms with van der Waals surface area (Å²) in [4.78, 5) is 9.42. The second kappa shape index (κ2) is 8.15. The summed E-state index contributed by atoms with van der Waals surface area (Å²) in [5.41, 5.74) is 9.09. The molecular weight excluding hydrogens is 466 g/mol.